The number of nitrogens with one attached hydrogen (secondary N) is 1. The minimum Gasteiger partial charge on any atom is -0.375 e. The third-order valence-electron chi connectivity index (χ3n) is 4.51. The predicted molar refractivity (Wildman–Crippen MR) is 72.4 cm³/mol. The first-order valence-corrected chi connectivity index (χ1v) is 7.61. The number of amides is 1. The molecule has 18 heavy (non-hydrogen) atoms. The van der Waals surface area contributed by atoms with Crippen LogP contribution in [0.25, 0.3) is 0 Å². The molecule has 0 aromatic carbocycles. The molecule has 2 aliphatic carbocycles. The van der Waals surface area contributed by atoms with Crippen LogP contribution in [-0.4, -0.2) is 17.4 Å². The van der Waals surface area contributed by atoms with Gasteiger partial charge in [-0.1, -0.05) is 12.8 Å². The summed E-state index contributed by atoms with van der Waals surface area (Å²) in [5.74, 6) is 2.38. The summed E-state index contributed by atoms with van der Waals surface area (Å²) in [6, 6.07) is 0. The standard InChI is InChI=1S/C13H19N3OS/c14-13-16-11(7-18-13)12(17)15-6-9-5-4-8-2-1-3-10(8)9/h7-10H,1-6H2,(H2,14,16)(H,15,17)/t8-,9+,10-/m0/s1. The zero-order chi connectivity index (χ0) is 12.5. The quantitative estimate of drug-likeness (QED) is 0.881. The van der Waals surface area contributed by atoms with Gasteiger partial charge in [0.1, 0.15) is 5.69 Å². The van der Waals surface area contributed by atoms with E-state index in [-0.39, 0.29) is 5.91 Å². The summed E-state index contributed by atoms with van der Waals surface area (Å²) in [7, 11) is 0. The van der Waals surface area contributed by atoms with Gasteiger partial charge in [0.2, 0.25) is 0 Å². The Balaban J connectivity index is 1.54. The third-order valence-corrected chi connectivity index (χ3v) is 5.18. The number of anilines is 1. The van der Waals surface area contributed by atoms with E-state index < -0.39 is 0 Å². The van der Waals surface area contributed by atoms with Crippen molar-refractivity contribution in [1.82, 2.24) is 10.3 Å². The molecular formula is C13H19N3OS. The highest BCUT2D eigenvalue weighted by Crippen LogP contribution is 2.47. The highest BCUT2D eigenvalue weighted by molar-refractivity contribution is 7.13. The second-order valence-corrected chi connectivity index (χ2v) is 6.36. The summed E-state index contributed by atoms with van der Waals surface area (Å²) in [5, 5.41) is 5.19. The van der Waals surface area contributed by atoms with Crippen LogP contribution in [0.2, 0.25) is 0 Å². The van der Waals surface area contributed by atoms with Crippen LogP contribution in [0.4, 0.5) is 5.13 Å². The molecule has 1 aromatic rings. The molecule has 2 aliphatic rings. The smallest absolute Gasteiger partial charge is 0.270 e. The van der Waals surface area contributed by atoms with Gasteiger partial charge in [-0.15, -0.1) is 11.3 Å². The number of carbonyl (C=O) groups is 1. The van der Waals surface area contributed by atoms with Gasteiger partial charge >= 0.3 is 0 Å². The maximum atomic E-state index is 11.9. The van der Waals surface area contributed by atoms with Crippen molar-refractivity contribution >= 4 is 22.4 Å². The molecule has 2 saturated carbocycles. The van der Waals surface area contributed by atoms with Crippen LogP contribution in [-0.2, 0) is 0 Å². The lowest BCUT2D eigenvalue weighted by molar-refractivity contribution is 0.0939. The van der Waals surface area contributed by atoms with E-state index in [0.717, 1.165) is 18.4 Å². The van der Waals surface area contributed by atoms with Crippen LogP contribution in [0.3, 0.4) is 0 Å². The lowest BCUT2D eigenvalue weighted by atomic mass is 9.92. The van der Waals surface area contributed by atoms with Gasteiger partial charge < -0.3 is 11.1 Å². The fraction of sp³-hybridized carbons (Fsp3) is 0.692. The molecule has 1 heterocycles. The molecule has 3 N–H and O–H groups in total. The first-order valence-electron chi connectivity index (χ1n) is 6.73. The Morgan fingerprint density at radius 3 is 3.11 bits per heavy atom. The van der Waals surface area contributed by atoms with E-state index in [1.807, 2.05) is 0 Å². The molecule has 2 fully saturated rings. The largest absolute Gasteiger partial charge is 0.375 e. The van der Waals surface area contributed by atoms with Crippen LogP contribution in [0.1, 0.15) is 42.6 Å². The van der Waals surface area contributed by atoms with E-state index in [4.69, 9.17) is 5.73 Å². The van der Waals surface area contributed by atoms with Gasteiger partial charge in [0.25, 0.3) is 5.91 Å². The Morgan fingerprint density at radius 2 is 2.33 bits per heavy atom. The fourth-order valence-electron chi connectivity index (χ4n) is 3.65. The predicted octanol–water partition coefficient (Wildman–Crippen LogP) is 2.28. The van der Waals surface area contributed by atoms with Gasteiger partial charge in [0, 0.05) is 11.9 Å². The van der Waals surface area contributed by atoms with E-state index in [9.17, 15) is 4.79 Å². The molecule has 98 valence electrons. The van der Waals surface area contributed by atoms with Crippen molar-refractivity contribution in [2.24, 2.45) is 17.8 Å². The molecule has 5 heteroatoms. The Bertz CT molecular complexity index is 445. The molecule has 0 radical (unpaired) electrons. The van der Waals surface area contributed by atoms with Gasteiger partial charge in [-0.2, -0.15) is 0 Å². The minimum atomic E-state index is -0.0793. The number of nitrogens with two attached hydrogens (primary N) is 1. The highest BCUT2D eigenvalue weighted by Gasteiger charge is 2.38. The van der Waals surface area contributed by atoms with Crippen molar-refractivity contribution in [3.63, 3.8) is 0 Å². The van der Waals surface area contributed by atoms with Crippen molar-refractivity contribution < 1.29 is 4.79 Å². The molecule has 4 nitrogen and oxygen atoms in total. The van der Waals surface area contributed by atoms with Gasteiger partial charge in [-0.25, -0.2) is 4.98 Å². The Hall–Kier alpha value is -1.10. The number of aromatic nitrogens is 1. The van der Waals surface area contributed by atoms with Crippen LogP contribution >= 0.6 is 11.3 Å². The van der Waals surface area contributed by atoms with Crippen LogP contribution in [0.15, 0.2) is 5.38 Å². The number of nitrogens with zero attached hydrogens (tertiary/aromatic N) is 1. The molecule has 3 rings (SSSR count). The highest BCUT2D eigenvalue weighted by atomic mass is 32.1. The average Bonchev–Trinajstić information content (AvgIpc) is 3.02. The number of thiazole rings is 1. The Morgan fingerprint density at radius 1 is 1.44 bits per heavy atom. The number of rotatable bonds is 3. The summed E-state index contributed by atoms with van der Waals surface area (Å²) in [6.07, 6.45) is 6.76. The minimum absolute atomic E-state index is 0.0793. The topological polar surface area (TPSA) is 68.0 Å². The lowest BCUT2D eigenvalue weighted by Gasteiger charge is -2.18. The molecule has 0 bridgehead atoms. The number of hydrogen-bond donors (Lipinski definition) is 2. The van der Waals surface area contributed by atoms with Crippen molar-refractivity contribution in [2.45, 2.75) is 32.1 Å². The number of nitrogen functional groups attached to an aromatic ring is 1. The zero-order valence-electron chi connectivity index (χ0n) is 10.4. The zero-order valence-corrected chi connectivity index (χ0v) is 11.2. The van der Waals surface area contributed by atoms with Crippen LogP contribution in [0.5, 0.6) is 0 Å². The number of carbonyl (C=O) groups excluding carboxylic acids is 1. The molecular weight excluding hydrogens is 246 g/mol. The number of hydrogen-bond acceptors (Lipinski definition) is 4. The van der Waals surface area contributed by atoms with E-state index in [2.05, 4.69) is 10.3 Å². The summed E-state index contributed by atoms with van der Waals surface area (Å²) >= 11 is 1.31. The monoisotopic (exact) mass is 265 g/mol. The summed E-state index contributed by atoms with van der Waals surface area (Å²) < 4.78 is 0. The first-order chi connectivity index (χ1) is 8.74. The molecule has 3 atom stereocenters. The maximum Gasteiger partial charge on any atom is 0.270 e. The molecule has 0 unspecified atom stereocenters. The molecule has 1 amide bonds. The normalized spacial score (nSPS) is 30.3. The van der Waals surface area contributed by atoms with Gasteiger partial charge in [0.05, 0.1) is 0 Å². The summed E-state index contributed by atoms with van der Waals surface area (Å²) in [5.41, 5.74) is 5.99. The first kappa shape index (κ1) is 12.0. The Kier molecular flexibility index (Phi) is 3.24. The van der Waals surface area contributed by atoms with E-state index in [1.165, 1.54) is 43.4 Å². The van der Waals surface area contributed by atoms with E-state index >= 15 is 0 Å². The fourth-order valence-corrected chi connectivity index (χ4v) is 4.19. The Labute approximate surface area is 111 Å². The summed E-state index contributed by atoms with van der Waals surface area (Å²) in [6.45, 7) is 0.803. The molecule has 0 spiro atoms. The van der Waals surface area contributed by atoms with E-state index in [1.54, 1.807) is 5.38 Å². The SMILES string of the molecule is Nc1nc(C(=O)NC[C@H]2CC[C@@H]3CCC[C@@H]32)cs1. The van der Waals surface area contributed by atoms with Gasteiger partial charge in [-0.05, 0) is 37.0 Å². The van der Waals surface area contributed by atoms with Crippen molar-refractivity contribution in [1.29, 1.82) is 0 Å². The molecule has 1 aromatic heterocycles. The average molecular weight is 265 g/mol. The van der Waals surface area contributed by atoms with Crippen molar-refractivity contribution in [3.8, 4) is 0 Å². The third kappa shape index (κ3) is 2.23. The number of fused-ring (bicyclic) bond motifs is 1. The lowest BCUT2D eigenvalue weighted by Crippen LogP contribution is -2.31. The van der Waals surface area contributed by atoms with Gasteiger partial charge in [-0.3, -0.25) is 4.79 Å². The van der Waals surface area contributed by atoms with Crippen molar-refractivity contribution in [3.05, 3.63) is 11.1 Å². The second kappa shape index (κ2) is 4.88. The van der Waals surface area contributed by atoms with Crippen LogP contribution in [0, 0.1) is 17.8 Å². The molecule has 0 saturated heterocycles. The van der Waals surface area contributed by atoms with Gasteiger partial charge in [0.15, 0.2) is 5.13 Å². The van der Waals surface area contributed by atoms with Crippen molar-refractivity contribution in [2.75, 3.05) is 12.3 Å². The summed E-state index contributed by atoms with van der Waals surface area (Å²) in [4.78, 5) is 15.9. The van der Waals surface area contributed by atoms with Crippen LogP contribution < -0.4 is 11.1 Å². The van der Waals surface area contributed by atoms with E-state index in [0.29, 0.717) is 16.7 Å². The second-order valence-electron chi connectivity index (χ2n) is 5.47. The molecule has 0 aliphatic heterocycles. The maximum absolute atomic E-state index is 11.9.